The van der Waals surface area contributed by atoms with Crippen LogP contribution in [0.5, 0.6) is 0 Å². The predicted octanol–water partition coefficient (Wildman–Crippen LogP) is 3.12. The number of anilines is 2. The Kier molecular flexibility index (Phi) is 3.36. The van der Waals surface area contributed by atoms with E-state index >= 15 is 0 Å². The fourth-order valence-electron chi connectivity index (χ4n) is 3.92. The van der Waals surface area contributed by atoms with Gasteiger partial charge in [0, 0.05) is 43.8 Å². The third-order valence-corrected chi connectivity index (χ3v) is 6.06. The summed E-state index contributed by atoms with van der Waals surface area (Å²) >= 11 is 1.66. The van der Waals surface area contributed by atoms with Crippen molar-refractivity contribution in [3.05, 3.63) is 42.2 Å². The van der Waals surface area contributed by atoms with Gasteiger partial charge >= 0.3 is 0 Å². The van der Waals surface area contributed by atoms with E-state index in [1.165, 1.54) is 24.1 Å². The van der Waals surface area contributed by atoms with Crippen LogP contribution in [0.1, 0.15) is 18.4 Å². The lowest BCUT2D eigenvalue weighted by Gasteiger charge is -2.29. The minimum absolute atomic E-state index is 0.525. The molecule has 0 bridgehead atoms. The van der Waals surface area contributed by atoms with E-state index in [1.54, 1.807) is 23.7 Å². The first-order valence-corrected chi connectivity index (χ1v) is 9.37. The fraction of sp³-hybridized carbons (Fsp3) is 0.389. The molecule has 0 aliphatic carbocycles. The van der Waals surface area contributed by atoms with E-state index in [4.69, 9.17) is 4.98 Å². The number of para-hydroxylation sites is 1. The lowest BCUT2D eigenvalue weighted by atomic mass is 10.1. The molecule has 0 spiro atoms. The summed E-state index contributed by atoms with van der Waals surface area (Å²) in [5, 5.41) is 1.08. The summed E-state index contributed by atoms with van der Waals surface area (Å²) in [6, 6.07) is 9.33. The average Bonchev–Trinajstić information content (AvgIpc) is 3.33. The van der Waals surface area contributed by atoms with Gasteiger partial charge in [0.1, 0.15) is 0 Å². The quantitative estimate of drug-likeness (QED) is 0.735. The van der Waals surface area contributed by atoms with Gasteiger partial charge < -0.3 is 9.80 Å². The van der Waals surface area contributed by atoms with Crippen molar-refractivity contribution in [2.75, 3.05) is 29.4 Å². The van der Waals surface area contributed by atoms with Crippen molar-refractivity contribution in [1.82, 2.24) is 15.0 Å². The lowest BCUT2D eigenvalue weighted by Crippen LogP contribution is -2.40. The summed E-state index contributed by atoms with van der Waals surface area (Å²) in [5.74, 6) is 0. The van der Waals surface area contributed by atoms with Crippen LogP contribution in [-0.2, 0) is 6.42 Å². The zero-order valence-electron chi connectivity index (χ0n) is 13.4. The Balaban J connectivity index is 1.40. The first-order chi connectivity index (χ1) is 11.9. The normalized spacial score (nSPS) is 20.1. The summed E-state index contributed by atoms with van der Waals surface area (Å²) in [4.78, 5) is 19.4. The molecule has 1 aromatic carbocycles. The van der Waals surface area contributed by atoms with Gasteiger partial charge in [0.25, 0.3) is 0 Å². The number of hydrogen-bond donors (Lipinski definition) is 0. The summed E-state index contributed by atoms with van der Waals surface area (Å²) < 4.78 is 0. The molecule has 1 saturated heterocycles. The standard InChI is InChI=1S/C18H19N5S/c1-2-6-15-13(4-1)7-11-22(15)12-14-5-3-10-23(14)18-21-16-17(24-18)20-9-8-19-16/h1-2,4,6,8-9,14H,3,5,7,10-12H2/t14-/m0/s1. The van der Waals surface area contributed by atoms with Gasteiger partial charge in [-0.25, -0.2) is 9.97 Å². The number of hydrogen-bond acceptors (Lipinski definition) is 6. The molecule has 2 aromatic heterocycles. The number of thiazole rings is 1. The van der Waals surface area contributed by atoms with Crippen molar-refractivity contribution in [2.24, 2.45) is 0 Å². The van der Waals surface area contributed by atoms with Crippen LogP contribution in [0.2, 0.25) is 0 Å². The van der Waals surface area contributed by atoms with E-state index in [2.05, 4.69) is 44.0 Å². The Hall–Kier alpha value is -2.21. The van der Waals surface area contributed by atoms with Crippen LogP contribution in [-0.4, -0.2) is 40.6 Å². The monoisotopic (exact) mass is 337 g/mol. The molecule has 3 aromatic rings. The summed E-state index contributed by atoms with van der Waals surface area (Å²) in [6.07, 6.45) is 7.09. The molecule has 122 valence electrons. The molecular formula is C18H19N5S. The van der Waals surface area contributed by atoms with Crippen LogP contribution in [0.4, 0.5) is 10.8 Å². The first kappa shape index (κ1) is 14.2. The van der Waals surface area contributed by atoms with E-state index < -0.39 is 0 Å². The zero-order chi connectivity index (χ0) is 15.9. The number of benzene rings is 1. The molecule has 2 aliphatic heterocycles. The molecule has 0 amide bonds. The Morgan fingerprint density at radius 3 is 3.00 bits per heavy atom. The molecule has 1 atom stereocenters. The van der Waals surface area contributed by atoms with Crippen LogP contribution in [0.3, 0.4) is 0 Å². The van der Waals surface area contributed by atoms with E-state index in [0.717, 1.165) is 41.7 Å². The van der Waals surface area contributed by atoms with Gasteiger partial charge in [-0.1, -0.05) is 29.5 Å². The Morgan fingerprint density at radius 1 is 1.12 bits per heavy atom. The fourth-order valence-corrected chi connectivity index (χ4v) is 4.88. The Bertz CT molecular complexity index is 843. The molecule has 5 nitrogen and oxygen atoms in total. The molecule has 2 aliphatic rings. The van der Waals surface area contributed by atoms with Crippen molar-refractivity contribution < 1.29 is 0 Å². The second kappa shape index (κ2) is 5.70. The third-order valence-electron chi connectivity index (χ3n) is 5.07. The molecule has 0 N–H and O–H groups in total. The molecule has 24 heavy (non-hydrogen) atoms. The van der Waals surface area contributed by atoms with Gasteiger partial charge in [-0.3, -0.25) is 0 Å². The van der Waals surface area contributed by atoms with Gasteiger partial charge in [0.05, 0.1) is 0 Å². The molecule has 4 heterocycles. The molecule has 0 unspecified atom stereocenters. The van der Waals surface area contributed by atoms with Crippen LogP contribution in [0.15, 0.2) is 36.7 Å². The Morgan fingerprint density at radius 2 is 2.04 bits per heavy atom. The highest BCUT2D eigenvalue weighted by Gasteiger charge is 2.30. The molecular weight excluding hydrogens is 318 g/mol. The minimum Gasteiger partial charge on any atom is -0.369 e. The lowest BCUT2D eigenvalue weighted by molar-refractivity contribution is 0.638. The SMILES string of the molecule is c1ccc2c(c1)CCN2C[C@@H]1CCCN1c1nc2nccnc2s1. The van der Waals surface area contributed by atoms with Gasteiger partial charge in [-0.2, -0.15) is 4.98 Å². The molecule has 0 radical (unpaired) electrons. The van der Waals surface area contributed by atoms with Gasteiger partial charge in [0.2, 0.25) is 0 Å². The van der Waals surface area contributed by atoms with Crippen LogP contribution in [0, 0.1) is 0 Å². The Labute approximate surface area is 145 Å². The highest BCUT2D eigenvalue weighted by atomic mass is 32.1. The van der Waals surface area contributed by atoms with Gasteiger partial charge in [-0.15, -0.1) is 0 Å². The molecule has 5 rings (SSSR count). The van der Waals surface area contributed by atoms with Crippen molar-refractivity contribution in [2.45, 2.75) is 25.3 Å². The second-order valence-electron chi connectivity index (χ2n) is 6.50. The maximum atomic E-state index is 4.72. The van der Waals surface area contributed by atoms with Crippen molar-refractivity contribution >= 4 is 32.6 Å². The second-order valence-corrected chi connectivity index (χ2v) is 7.45. The smallest absolute Gasteiger partial charge is 0.191 e. The third kappa shape index (κ3) is 2.33. The molecule has 1 fully saturated rings. The average molecular weight is 337 g/mol. The van der Waals surface area contributed by atoms with E-state index in [9.17, 15) is 0 Å². The van der Waals surface area contributed by atoms with Crippen LogP contribution in [0.25, 0.3) is 10.5 Å². The predicted molar refractivity (Wildman–Crippen MR) is 97.9 cm³/mol. The van der Waals surface area contributed by atoms with E-state index in [0.29, 0.717) is 6.04 Å². The zero-order valence-corrected chi connectivity index (χ0v) is 14.2. The first-order valence-electron chi connectivity index (χ1n) is 8.55. The molecule has 0 saturated carbocycles. The number of nitrogens with zero attached hydrogens (tertiary/aromatic N) is 5. The summed E-state index contributed by atoms with van der Waals surface area (Å²) in [5.41, 5.74) is 3.67. The van der Waals surface area contributed by atoms with Crippen molar-refractivity contribution in [3.8, 4) is 0 Å². The maximum Gasteiger partial charge on any atom is 0.191 e. The van der Waals surface area contributed by atoms with Gasteiger partial charge in [-0.05, 0) is 30.9 Å². The maximum absolute atomic E-state index is 4.72. The number of fused-ring (bicyclic) bond motifs is 2. The van der Waals surface area contributed by atoms with Crippen LogP contribution < -0.4 is 9.80 Å². The topological polar surface area (TPSA) is 45.2 Å². The summed E-state index contributed by atoms with van der Waals surface area (Å²) in [7, 11) is 0. The van der Waals surface area contributed by atoms with Crippen molar-refractivity contribution in [1.29, 1.82) is 0 Å². The van der Waals surface area contributed by atoms with E-state index in [-0.39, 0.29) is 0 Å². The van der Waals surface area contributed by atoms with E-state index in [1.807, 2.05) is 0 Å². The highest BCUT2D eigenvalue weighted by Crippen LogP contribution is 2.34. The largest absolute Gasteiger partial charge is 0.369 e. The van der Waals surface area contributed by atoms with Crippen molar-refractivity contribution in [3.63, 3.8) is 0 Å². The van der Waals surface area contributed by atoms with Crippen LogP contribution >= 0.6 is 11.3 Å². The van der Waals surface area contributed by atoms with Gasteiger partial charge in [0.15, 0.2) is 15.6 Å². The summed E-state index contributed by atoms with van der Waals surface area (Å²) in [6.45, 7) is 3.29. The molecule has 6 heteroatoms. The highest BCUT2D eigenvalue weighted by molar-refractivity contribution is 7.21. The minimum atomic E-state index is 0.525. The number of rotatable bonds is 3. The number of aromatic nitrogens is 3.